The number of nitrogens with one attached hydrogen (secondary N) is 1. The Morgan fingerprint density at radius 3 is 2.33 bits per heavy atom. The molecule has 1 N–H and O–H groups in total. The topological polar surface area (TPSA) is 92.6 Å². The van der Waals surface area contributed by atoms with Crippen LogP contribution in [0.3, 0.4) is 0 Å². The number of anilines is 2. The Labute approximate surface area is 250 Å². The van der Waals surface area contributed by atoms with E-state index in [-0.39, 0.29) is 18.4 Å². The number of para-hydroxylation sites is 1. The predicted molar refractivity (Wildman–Crippen MR) is 167 cm³/mol. The maximum atomic E-state index is 14.3. The summed E-state index contributed by atoms with van der Waals surface area (Å²) in [5.41, 5.74) is 5.86. The van der Waals surface area contributed by atoms with E-state index >= 15 is 0 Å². The summed E-state index contributed by atoms with van der Waals surface area (Å²) in [5.74, 6) is -0.558. The summed E-state index contributed by atoms with van der Waals surface area (Å²) < 4.78 is 7.10. The number of morpholine rings is 1. The van der Waals surface area contributed by atoms with Crippen molar-refractivity contribution >= 4 is 34.2 Å². The van der Waals surface area contributed by atoms with Crippen molar-refractivity contribution in [1.82, 2.24) is 20.3 Å². The fourth-order valence-electron chi connectivity index (χ4n) is 5.37. The number of rotatable bonds is 9. The first-order valence-electron chi connectivity index (χ1n) is 14.5. The van der Waals surface area contributed by atoms with Crippen LogP contribution in [0.2, 0.25) is 0 Å². The summed E-state index contributed by atoms with van der Waals surface area (Å²) in [7, 11) is 0. The first-order chi connectivity index (χ1) is 21.1. The summed E-state index contributed by atoms with van der Waals surface area (Å²) >= 11 is 0. The van der Waals surface area contributed by atoms with Crippen molar-refractivity contribution in [3.05, 3.63) is 120 Å². The number of benzene rings is 4. The number of carbonyl (C=O) groups excluding carboxylic acids is 2. The smallest absolute Gasteiger partial charge is 0.249 e. The van der Waals surface area contributed by atoms with Crippen LogP contribution in [-0.4, -0.2) is 53.1 Å². The molecule has 0 aliphatic carbocycles. The van der Waals surface area contributed by atoms with E-state index in [0.717, 1.165) is 35.4 Å². The highest BCUT2D eigenvalue weighted by Crippen LogP contribution is 2.31. The SMILES string of the molecule is Cc1ccc(N(C(=O)Cn2nnc3ccccc32)[C@@H](C(=O)NCc2ccccc2)c2ccc(N3CCOCC3)cc2)cc1. The van der Waals surface area contributed by atoms with Crippen LogP contribution in [0.5, 0.6) is 0 Å². The van der Waals surface area contributed by atoms with Gasteiger partial charge in [0.1, 0.15) is 18.1 Å². The van der Waals surface area contributed by atoms with Crippen LogP contribution in [0.25, 0.3) is 11.0 Å². The Hall–Kier alpha value is -5.02. The van der Waals surface area contributed by atoms with Gasteiger partial charge in [0.15, 0.2) is 0 Å². The van der Waals surface area contributed by atoms with E-state index in [4.69, 9.17) is 4.74 Å². The van der Waals surface area contributed by atoms with Gasteiger partial charge in [-0.3, -0.25) is 14.5 Å². The van der Waals surface area contributed by atoms with Gasteiger partial charge in [0.05, 0.1) is 18.7 Å². The molecule has 0 spiro atoms. The Morgan fingerprint density at radius 1 is 0.884 bits per heavy atom. The maximum Gasteiger partial charge on any atom is 0.249 e. The van der Waals surface area contributed by atoms with Gasteiger partial charge in [-0.05, 0) is 54.4 Å². The standard InChI is InChI=1S/C34H34N6O3/c1-25-11-15-29(16-12-25)40(32(41)24-39-31-10-6-5-9-30(31)36-37-39)33(34(42)35-23-26-7-3-2-4-8-26)27-13-17-28(18-14-27)38-19-21-43-22-20-38/h2-18,33H,19-24H2,1H3,(H,35,42)/t33-/m1/s1. The molecule has 43 heavy (non-hydrogen) atoms. The lowest BCUT2D eigenvalue weighted by atomic mass is 10.0. The van der Waals surface area contributed by atoms with Crippen molar-refractivity contribution in [2.24, 2.45) is 0 Å². The molecule has 4 aromatic carbocycles. The van der Waals surface area contributed by atoms with Gasteiger partial charge in [-0.25, -0.2) is 4.68 Å². The third-order valence-corrected chi connectivity index (χ3v) is 7.69. The molecule has 9 heteroatoms. The van der Waals surface area contributed by atoms with Crippen LogP contribution in [-0.2, 0) is 27.4 Å². The molecule has 1 fully saturated rings. The molecule has 9 nitrogen and oxygen atoms in total. The second kappa shape index (κ2) is 12.9. The molecule has 2 amide bonds. The van der Waals surface area contributed by atoms with Gasteiger partial charge in [0, 0.05) is 31.0 Å². The normalized spacial score (nSPS) is 13.9. The maximum absolute atomic E-state index is 14.3. The van der Waals surface area contributed by atoms with Gasteiger partial charge in [0.25, 0.3) is 0 Å². The van der Waals surface area contributed by atoms with Crippen LogP contribution in [0.1, 0.15) is 22.7 Å². The third kappa shape index (κ3) is 6.42. The second-order valence-electron chi connectivity index (χ2n) is 10.6. The third-order valence-electron chi connectivity index (χ3n) is 7.69. The number of aromatic nitrogens is 3. The zero-order chi connectivity index (χ0) is 29.6. The van der Waals surface area contributed by atoms with Crippen LogP contribution >= 0.6 is 0 Å². The quantitative estimate of drug-likeness (QED) is 0.275. The van der Waals surface area contributed by atoms with Gasteiger partial charge < -0.3 is 15.0 Å². The highest BCUT2D eigenvalue weighted by Gasteiger charge is 2.33. The molecule has 6 rings (SSSR count). The van der Waals surface area contributed by atoms with Crippen molar-refractivity contribution < 1.29 is 14.3 Å². The van der Waals surface area contributed by atoms with E-state index in [1.165, 1.54) is 0 Å². The Balaban J connectivity index is 1.38. The molecule has 1 aliphatic rings. The molecule has 0 unspecified atom stereocenters. The second-order valence-corrected chi connectivity index (χ2v) is 10.6. The van der Waals surface area contributed by atoms with Gasteiger partial charge in [-0.1, -0.05) is 77.5 Å². The average Bonchev–Trinajstić information content (AvgIpc) is 3.46. The van der Waals surface area contributed by atoms with Gasteiger partial charge in [-0.2, -0.15) is 0 Å². The molecule has 1 saturated heterocycles. The van der Waals surface area contributed by atoms with Crippen molar-refractivity contribution in [1.29, 1.82) is 0 Å². The van der Waals surface area contributed by atoms with E-state index in [2.05, 4.69) is 20.5 Å². The van der Waals surface area contributed by atoms with E-state index < -0.39 is 6.04 Å². The molecular weight excluding hydrogens is 540 g/mol. The summed E-state index contributed by atoms with van der Waals surface area (Å²) in [5, 5.41) is 11.6. The Bertz CT molecular complexity index is 1680. The molecule has 1 aromatic heterocycles. The predicted octanol–water partition coefficient (Wildman–Crippen LogP) is 4.67. The van der Waals surface area contributed by atoms with Crippen molar-refractivity contribution in [2.75, 3.05) is 36.1 Å². The molecule has 0 radical (unpaired) electrons. The molecule has 0 bridgehead atoms. The molecule has 218 valence electrons. The number of ether oxygens (including phenoxy) is 1. The molecular formula is C34H34N6O3. The highest BCUT2D eigenvalue weighted by molar-refractivity contribution is 6.01. The zero-order valence-corrected chi connectivity index (χ0v) is 24.1. The number of nitrogens with zero attached hydrogens (tertiary/aromatic N) is 5. The number of hydrogen-bond acceptors (Lipinski definition) is 6. The average molecular weight is 575 g/mol. The summed E-state index contributed by atoms with van der Waals surface area (Å²) in [4.78, 5) is 32.3. The summed E-state index contributed by atoms with van der Waals surface area (Å²) in [6.45, 7) is 5.22. The largest absolute Gasteiger partial charge is 0.378 e. The lowest BCUT2D eigenvalue weighted by molar-refractivity contribution is -0.127. The Kier molecular flexibility index (Phi) is 8.42. The number of fused-ring (bicyclic) bond motifs is 1. The molecule has 5 aromatic rings. The van der Waals surface area contributed by atoms with Crippen molar-refractivity contribution in [3.63, 3.8) is 0 Å². The molecule has 1 atom stereocenters. The van der Waals surface area contributed by atoms with E-state index in [0.29, 0.717) is 36.5 Å². The van der Waals surface area contributed by atoms with Gasteiger partial charge in [0.2, 0.25) is 11.8 Å². The van der Waals surface area contributed by atoms with Crippen LogP contribution in [0.4, 0.5) is 11.4 Å². The zero-order valence-electron chi connectivity index (χ0n) is 24.1. The Morgan fingerprint density at radius 2 is 1.58 bits per heavy atom. The fraction of sp³-hybridized carbons (Fsp3) is 0.235. The fourth-order valence-corrected chi connectivity index (χ4v) is 5.37. The molecule has 2 heterocycles. The number of aryl methyl sites for hydroxylation is 1. The number of hydrogen-bond donors (Lipinski definition) is 1. The molecule has 0 saturated carbocycles. The van der Waals surface area contributed by atoms with E-state index in [1.807, 2.05) is 110 Å². The van der Waals surface area contributed by atoms with E-state index in [9.17, 15) is 9.59 Å². The summed E-state index contributed by atoms with van der Waals surface area (Å²) in [6, 6.07) is 31.9. The first kappa shape index (κ1) is 28.1. The van der Waals surface area contributed by atoms with Crippen LogP contribution < -0.4 is 15.1 Å². The monoisotopic (exact) mass is 574 g/mol. The number of amides is 2. The van der Waals surface area contributed by atoms with E-state index in [1.54, 1.807) is 9.58 Å². The lowest BCUT2D eigenvalue weighted by Gasteiger charge is -2.32. The lowest BCUT2D eigenvalue weighted by Crippen LogP contribution is -2.45. The summed E-state index contributed by atoms with van der Waals surface area (Å²) in [6.07, 6.45) is 0. The minimum atomic E-state index is -0.924. The highest BCUT2D eigenvalue weighted by atomic mass is 16.5. The minimum absolute atomic E-state index is 0.0806. The van der Waals surface area contributed by atoms with Crippen LogP contribution in [0.15, 0.2) is 103 Å². The first-order valence-corrected chi connectivity index (χ1v) is 14.5. The molecule has 1 aliphatic heterocycles. The van der Waals surface area contributed by atoms with Crippen molar-refractivity contribution in [2.45, 2.75) is 26.1 Å². The van der Waals surface area contributed by atoms with Gasteiger partial charge in [-0.15, -0.1) is 5.10 Å². The van der Waals surface area contributed by atoms with Crippen molar-refractivity contribution in [3.8, 4) is 0 Å². The minimum Gasteiger partial charge on any atom is -0.378 e. The van der Waals surface area contributed by atoms with Gasteiger partial charge >= 0.3 is 0 Å². The number of carbonyl (C=O) groups is 2. The van der Waals surface area contributed by atoms with Crippen LogP contribution in [0, 0.1) is 6.92 Å².